The highest BCUT2D eigenvalue weighted by Gasteiger charge is 2.22. The number of hydrogen-bond acceptors (Lipinski definition) is 4. The van der Waals surface area contributed by atoms with Crippen molar-refractivity contribution >= 4 is 11.7 Å². The van der Waals surface area contributed by atoms with E-state index in [4.69, 9.17) is 9.94 Å². The molecule has 8 heteroatoms. The molecule has 5 nitrogen and oxygen atoms in total. The van der Waals surface area contributed by atoms with Crippen LogP contribution >= 0.6 is 0 Å². The van der Waals surface area contributed by atoms with Crippen molar-refractivity contribution in [1.29, 1.82) is 0 Å². The first-order valence-electron chi connectivity index (χ1n) is 12.9. The number of halogens is 3. The average Bonchev–Trinajstić information content (AvgIpc) is 2.86. The largest absolute Gasteiger partial charge is 0.481 e. The summed E-state index contributed by atoms with van der Waals surface area (Å²) in [5.41, 5.74) is 4.98. The summed E-state index contributed by atoms with van der Waals surface area (Å²) < 4.78 is 38.5. The molecule has 0 aliphatic heterocycles. The molecule has 0 unspecified atom stereocenters. The van der Waals surface area contributed by atoms with Crippen LogP contribution in [-0.2, 0) is 29.2 Å². The van der Waals surface area contributed by atoms with E-state index in [0.717, 1.165) is 42.0 Å². The third-order valence-electron chi connectivity index (χ3n) is 6.56. The fourth-order valence-corrected chi connectivity index (χ4v) is 4.34. The molecule has 1 saturated carbocycles. The number of allylic oxidation sites excluding steroid dienone is 6. The normalized spacial score (nSPS) is 16.4. The SMILES string of the molecule is CCc1cc(CO/N=C(C)/C(/C=C/C(F)(F)F)=C/C=C(\C)C2CCCCC2)ccc1CNCCC(=O)O. The van der Waals surface area contributed by atoms with Crippen molar-refractivity contribution in [3.8, 4) is 0 Å². The summed E-state index contributed by atoms with van der Waals surface area (Å²) in [7, 11) is 0. The van der Waals surface area contributed by atoms with Gasteiger partial charge in [-0.2, -0.15) is 13.2 Å². The third kappa shape index (κ3) is 11.8. The monoisotopic (exact) mass is 520 g/mol. The minimum absolute atomic E-state index is 0.0648. The number of benzene rings is 1. The molecule has 0 spiro atoms. The van der Waals surface area contributed by atoms with Gasteiger partial charge in [-0.1, -0.05) is 67.3 Å². The Morgan fingerprint density at radius 2 is 1.89 bits per heavy atom. The van der Waals surface area contributed by atoms with Crippen LogP contribution in [0.5, 0.6) is 0 Å². The lowest BCUT2D eigenvalue weighted by Crippen LogP contribution is -2.18. The Hall–Kier alpha value is -2.87. The van der Waals surface area contributed by atoms with Gasteiger partial charge in [0.15, 0.2) is 0 Å². The first kappa shape index (κ1) is 30.4. The van der Waals surface area contributed by atoms with Crippen molar-refractivity contribution in [3.63, 3.8) is 0 Å². The number of carbonyl (C=O) groups is 1. The van der Waals surface area contributed by atoms with Crippen molar-refractivity contribution in [3.05, 3.63) is 70.3 Å². The second kappa shape index (κ2) is 15.4. The van der Waals surface area contributed by atoms with E-state index in [2.05, 4.69) is 10.5 Å². The maximum atomic E-state index is 12.8. The number of aryl methyl sites for hydroxylation is 1. The lowest BCUT2D eigenvalue weighted by molar-refractivity contribution is -0.136. The van der Waals surface area contributed by atoms with Crippen LogP contribution in [0.25, 0.3) is 0 Å². The number of hydrogen-bond donors (Lipinski definition) is 2. The molecule has 1 aliphatic carbocycles. The molecule has 0 aromatic heterocycles. The van der Waals surface area contributed by atoms with Gasteiger partial charge in [0.2, 0.25) is 0 Å². The topological polar surface area (TPSA) is 70.9 Å². The quantitative estimate of drug-likeness (QED) is 0.124. The zero-order valence-corrected chi connectivity index (χ0v) is 22.0. The number of alkyl halides is 3. The first-order chi connectivity index (χ1) is 17.6. The molecule has 1 aromatic carbocycles. The number of carboxylic acids is 1. The molecule has 2 N–H and O–H groups in total. The highest BCUT2D eigenvalue weighted by molar-refractivity contribution is 6.00. The zero-order chi connectivity index (χ0) is 27.3. The van der Waals surface area contributed by atoms with E-state index in [1.165, 1.54) is 24.8 Å². The van der Waals surface area contributed by atoms with Crippen molar-refractivity contribution in [2.45, 2.75) is 85.0 Å². The van der Waals surface area contributed by atoms with Crippen LogP contribution in [0.1, 0.15) is 76.0 Å². The molecule has 0 bridgehead atoms. The van der Waals surface area contributed by atoms with Gasteiger partial charge in [0.25, 0.3) is 0 Å². The molecular weight excluding hydrogens is 481 g/mol. The smallest absolute Gasteiger partial charge is 0.409 e. The van der Waals surface area contributed by atoms with E-state index in [9.17, 15) is 18.0 Å². The lowest BCUT2D eigenvalue weighted by Gasteiger charge is -2.22. The second-order valence-corrected chi connectivity index (χ2v) is 9.47. The Kier molecular flexibility index (Phi) is 12.6. The Labute approximate surface area is 218 Å². The molecule has 2 rings (SSSR count). The van der Waals surface area contributed by atoms with Gasteiger partial charge in [0, 0.05) is 19.2 Å². The molecule has 0 radical (unpaired) electrons. The van der Waals surface area contributed by atoms with E-state index in [1.807, 2.05) is 38.1 Å². The van der Waals surface area contributed by atoms with Gasteiger partial charge < -0.3 is 15.3 Å². The molecule has 37 heavy (non-hydrogen) atoms. The minimum atomic E-state index is -4.41. The van der Waals surface area contributed by atoms with Crippen LogP contribution in [0.4, 0.5) is 13.2 Å². The van der Waals surface area contributed by atoms with E-state index in [-0.39, 0.29) is 19.1 Å². The lowest BCUT2D eigenvalue weighted by atomic mass is 9.84. The van der Waals surface area contributed by atoms with E-state index in [1.54, 1.807) is 13.0 Å². The molecule has 0 saturated heterocycles. The molecule has 204 valence electrons. The summed E-state index contributed by atoms with van der Waals surface area (Å²) in [6.07, 6.45) is 7.17. The van der Waals surface area contributed by atoms with Crippen molar-refractivity contribution in [2.24, 2.45) is 11.1 Å². The summed E-state index contributed by atoms with van der Waals surface area (Å²) in [6.45, 7) is 6.87. The number of aliphatic carboxylic acids is 1. The van der Waals surface area contributed by atoms with Crippen molar-refractivity contribution in [1.82, 2.24) is 5.32 Å². The molecule has 0 amide bonds. The van der Waals surface area contributed by atoms with Crippen molar-refractivity contribution in [2.75, 3.05) is 6.54 Å². The van der Waals surface area contributed by atoms with Crippen molar-refractivity contribution < 1.29 is 27.9 Å². The van der Waals surface area contributed by atoms with Crippen LogP contribution in [-0.4, -0.2) is 29.5 Å². The van der Waals surface area contributed by atoms with Gasteiger partial charge >= 0.3 is 12.1 Å². The van der Waals surface area contributed by atoms with E-state index >= 15 is 0 Å². The number of rotatable bonds is 13. The van der Waals surface area contributed by atoms with Gasteiger partial charge in [-0.05, 0) is 67.4 Å². The van der Waals surface area contributed by atoms with Gasteiger partial charge in [-0.3, -0.25) is 4.79 Å². The number of nitrogens with one attached hydrogen (secondary N) is 1. The third-order valence-corrected chi connectivity index (χ3v) is 6.56. The summed E-state index contributed by atoms with van der Waals surface area (Å²) in [4.78, 5) is 16.2. The van der Waals surface area contributed by atoms with Crippen LogP contribution in [0.15, 0.2) is 58.8 Å². The van der Waals surface area contributed by atoms with Crippen LogP contribution in [0.2, 0.25) is 0 Å². The fourth-order valence-electron chi connectivity index (χ4n) is 4.34. The summed E-state index contributed by atoms with van der Waals surface area (Å²) in [5.74, 6) is -0.358. The Morgan fingerprint density at radius 1 is 1.16 bits per heavy atom. The minimum Gasteiger partial charge on any atom is -0.481 e. The molecule has 1 aliphatic rings. The highest BCUT2D eigenvalue weighted by Crippen LogP contribution is 2.29. The molecule has 1 aromatic rings. The number of carboxylic acid groups (broad SMARTS) is 1. The van der Waals surface area contributed by atoms with Gasteiger partial charge in [-0.25, -0.2) is 0 Å². The summed E-state index contributed by atoms with van der Waals surface area (Å²) in [6, 6.07) is 5.89. The Bertz CT molecular complexity index is 1000. The molecule has 0 heterocycles. The predicted octanol–water partition coefficient (Wildman–Crippen LogP) is 7.28. The standard InChI is InChI=1S/C29H39F3N2O3/c1-4-24-18-23(11-13-27(24)19-33-17-15-28(35)36)20-37-34-22(3)26(14-16-29(30,31)32)12-10-21(2)25-8-6-5-7-9-25/h10-14,16,18,25,33H,4-9,15,17,19-20H2,1-3H3,(H,35,36)/b16-14+,21-10+,26-12+,34-22+. The number of nitrogens with zero attached hydrogens (tertiary/aromatic N) is 1. The highest BCUT2D eigenvalue weighted by atomic mass is 19.4. The first-order valence-corrected chi connectivity index (χ1v) is 12.9. The average molecular weight is 521 g/mol. The number of oxime groups is 1. The van der Waals surface area contributed by atoms with Gasteiger partial charge in [0.1, 0.15) is 6.61 Å². The Morgan fingerprint density at radius 3 is 2.54 bits per heavy atom. The predicted molar refractivity (Wildman–Crippen MR) is 141 cm³/mol. The van der Waals surface area contributed by atoms with E-state index in [0.29, 0.717) is 30.3 Å². The molecule has 1 fully saturated rings. The van der Waals surface area contributed by atoms with Gasteiger partial charge in [-0.15, -0.1) is 0 Å². The summed E-state index contributed by atoms with van der Waals surface area (Å²) >= 11 is 0. The Balaban J connectivity index is 2.08. The zero-order valence-electron chi connectivity index (χ0n) is 22.0. The van der Waals surface area contributed by atoms with E-state index < -0.39 is 12.1 Å². The maximum Gasteiger partial charge on any atom is 0.409 e. The second-order valence-electron chi connectivity index (χ2n) is 9.47. The van der Waals surface area contributed by atoms with Gasteiger partial charge in [0.05, 0.1) is 12.1 Å². The fraction of sp³-hybridized carbons (Fsp3) is 0.517. The van der Waals surface area contributed by atoms with Crippen LogP contribution in [0.3, 0.4) is 0 Å². The summed E-state index contributed by atoms with van der Waals surface area (Å²) in [5, 5.41) is 16.0. The molecular formula is C29H39F3N2O3. The van der Waals surface area contributed by atoms with Crippen LogP contribution < -0.4 is 5.32 Å². The molecule has 0 atom stereocenters. The maximum absolute atomic E-state index is 12.8. The van der Waals surface area contributed by atoms with Crippen LogP contribution in [0, 0.1) is 5.92 Å².